The number of ether oxygens (including phenoxy) is 1. The van der Waals surface area contributed by atoms with E-state index in [4.69, 9.17) is 22.1 Å². The van der Waals surface area contributed by atoms with Crippen molar-refractivity contribution in [2.24, 2.45) is 5.92 Å². The van der Waals surface area contributed by atoms with Crippen LogP contribution in [0.5, 0.6) is 0 Å². The molecule has 1 fully saturated rings. The van der Waals surface area contributed by atoms with Crippen LogP contribution < -0.4 is 10.6 Å². The molecular formula is C14H19ClN2O2. The van der Waals surface area contributed by atoms with Gasteiger partial charge in [0.25, 0.3) is 0 Å². The van der Waals surface area contributed by atoms with Crippen LogP contribution in [0.1, 0.15) is 19.8 Å². The Balaban J connectivity index is 2.21. The standard InChI is InChI=1S/C14H19ClN2O2/c1-3-13-10(6-7-19-13)14(18)17(2)12-8-9(15)4-5-11(12)16/h4-5,8,10,13H,3,6-7,16H2,1-2H3. The highest BCUT2D eigenvalue weighted by Crippen LogP contribution is 2.31. The quantitative estimate of drug-likeness (QED) is 0.867. The predicted octanol–water partition coefficient (Wildman–Crippen LogP) is 2.70. The van der Waals surface area contributed by atoms with Crippen molar-refractivity contribution in [2.45, 2.75) is 25.9 Å². The number of rotatable bonds is 3. The molecule has 0 radical (unpaired) electrons. The lowest BCUT2D eigenvalue weighted by atomic mass is 9.98. The van der Waals surface area contributed by atoms with Gasteiger partial charge in [0.05, 0.1) is 23.4 Å². The van der Waals surface area contributed by atoms with Gasteiger partial charge >= 0.3 is 0 Å². The van der Waals surface area contributed by atoms with Gasteiger partial charge in [-0.3, -0.25) is 4.79 Å². The molecule has 5 heteroatoms. The van der Waals surface area contributed by atoms with Gasteiger partial charge in [-0.2, -0.15) is 0 Å². The molecule has 2 rings (SSSR count). The highest BCUT2D eigenvalue weighted by molar-refractivity contribution is 6.31. The molecule has 1 saturated heterocycles. The van der Waals surface area contributed by atoms with Crippen molar-refractivity contribution in [3.05, 3.63) is 23.2 Å². The molecular weight excluding hydrogens is 264 g/mol. The first-order valence-corrected chi connectivity index (χ1v) is 6.86. The number of nitrogens with two attached hydrogens (primary N) is 1. The number of carbonyl (C=O) groups is 1. The maximum absolute atomic E-state index is 12.5. The fourth-order valence-corrected chi connectivity index (χ4v) is 2.67. The van der Waals surface area contributed by atoms with Crippen molar-refractivity contribution in [3.63, 3.8) is 0 Å². The summed E-state index contributed by atoms with van der Waals surface area (Å²) in [6.07, 6.45) is 1.62. The van der Waals surface area contributed by atoms with Crippen molar-refractivity contribution >= 4 is 28.9 Å². The summed E-state index contributed by atoms with van der Waals surface area (Å²) in [5.41, 5.74) is 7.11. The molecule has 1 heterocycles. The first-order chi connectivity index (χ1) is 9.04. The largest absolute Gasteiger partial charge is 0.397 e. The van der Waals surface area contributed by atoms with Crippen molar-refractivity contribution < 1.29 is 9.53 Å². The van der Waals surface area contributed by atoms with Crippen LogP contribution in [0.2, 0.25) is 5.02 Å². The van der Waals surface area contributed by atoms with Gasteiger partial charge in [-0.1, -0.05) is 18.5 Å². The van der Waals surface area contributed by atoms with Crippen LogP contribution in [0, 0.1) is 5.92 Å². The van der Waals surface area contributed by atoms with Crippen molar-refractivity contribution in [3.8, 4) is 0 Å². The van der Waals surface area contributed by atoms with Crippen LogP contribution in [-0.2, 0) is 9.53 Å². The third kappa shape index (κ3) is 2.85. The van der Waals surface area contributed by atoms with E-state index in [-0.39, 0.29) is 17.9 Å². The molecule has 1 aliphatic heterocycles. The molecule has 0 aromatic heterocycles. The molecule has 1 aliphatic rings. The van der Waals surface area contributed by atoms with E-state index in [1.165, 1.54) is 0 Å². The summed E-state index contributed by atoms with van der Waals surface area (Å²) in [5.74, 6) is -0.0494. The zero-order chi connectivity index (χ0) is 14.0. The van der Waals surface area contributed by atoms with Gasteiger partial charge in [-0.05, 0) is 31.0 Å². The lowest BCUT2D eigenvalue weighted by Gasteiger charge is -2.25. The number of nitrogens with zero attached hydrogens (tertiary/aromatic N) is 1. The van der Waals surface area contributed by atoms with E-state index in [0.29, 0.717) is 23.0 Å². The lowest BCUT2D eigenvalue weighted by molar-refractivity contribution is -0.123. The third-order valence-corrected chi connectivity index (χ3v) is 3.85. The number of hydrogen-bond acceptors (Lipinski definition) is 3. The van der Waals surface area contributed by atoms with E-state index < -0.39 is 0 Å². The van der Waals surface area contributed by atoms with Crippen LogP contribution in [0.15, 0.2) is 18.2 Å². The molecule has 1 aromatic carbocycles. The zero-order valence-electron chi connectivity index (χ0n) is 11.2. The molecule has 0 saturated carbocycles. The Morgan fingerprint density at radius 2 is 2.32 bits per heavy atom. The minimum Gasteiger partial charge on any atom is -0.397 e. The van der Waals surface area contributed by atoms with Crippen molar-refractivity contribution in [1.82, 2.24) is 0 Å². The van der Waals surface area contributed by atoms with E-state index in [9.17, 15) is 4.79 Å². The molecule has 2 atom stereocenters. The summed E-state index contributed by atoms with van der Waals surface area (Å²) in [6, 6.07) is 5.14. The van der Waals surface area contributed by atoms with Crippen LogP contribution in [-0.4, -0.2) is 25.7 Å². The smallest absolute Gasteiger partial charge is 0.232 e. The van der Waals surface area contributed by atoms with Crippen molar-refractivity contribution in [2.75, 3.05) is 24.3 Å². The number of halogens is 1. The second-order valence-corrected chi connectivity index (χ2v) is 5.25. The summed E-state index contributed by atoms with van der Waals surface area (Å²) in [5, 5.41) is 0.568. The number of hydrogen-bond donors (Lipinski definition) is 1. The SMILES string of the molecule is CCC1OCCC1C(=O)N(C)c1cc(Cl)ccc1N. The maximum atomic E-state index is 12.5. The number of anilines is 2. The van der Waals surface area contributed by atoms with Crippen LogP contribution in [0.4, 0.5) is 11.4 Å². The second kappa shape index (κ2) is 5.80. The molecule has 104 valence electrons. The van der Waals surface area contributed by atoms with E-state index in [1.807, 2.05) is 6.92 Å². The Morgan fingerprint density at radius 1 is 1.58 bits per heavy atom. The van der Waals surface area contributed by atoms with Gasteiger partial charge in [0.2, 0.25) is 5.91 Å². The first-order valence-electron chi connectivity index (χ1n) is 6.48. The van der Waals surface area contributed by atoms with Gasteiger partial charge in [0, 0.05) is 18.7 Å². The van der Waals surface area contributed by atoms with Gasteiger partial charge < -0.3 is 15.4 Å². The average Bonchev–Trinajstić information content (AvgIpc) is 2.88. The molecule has 1 aromatic rings. The van der Waals surface area contributed by atoms with Crippen LogP contribution in [0.25, 0.3) is 0 Å². The highest BCUT2D eigenvalue weighted by Gasteiger charge is 2.35. The molecule has 19 heavy (non-hydrogen) atoms. The van der Waals surface area contributed by atoms with Gasteiger partial charge in [-0.25, -0.2) is 0 Å². The fourth-order valence-electron chi connectivity index (χ4n) is 2.51. The number of carbonyl (C=O) groups excluding carboxylic acids is 1. The summed E-state index contributed by atoms with van der Waals surface area (Å²) in [4.78, 5) is 14.1. The monoisotopic (exact) mass is 282 g/mol. The molecule has 1 amide bonds. The molecule has 0 bridgehead atoms. The highest BCUT2D eigenvalue weighted by atomic mass is 35.5. The topological polar surface area (TPSA) is 55.6 Å². The Kier molecular flexibility index (Phi) is 4.32. The van der Waals surface area contributed by atoms with Gasteiger partial charge in [-0.15, -0.1) is 0 Å². The Bertz CT molecular complexity index is 479. The lowest BCUT2D eigenvalue weighted by Crippen LogP contribution is -2.37. The Morgan fingerprint density at radius 3 is 3.00 bits per heavy atom. The number of nitrogen functional groups attached to an aromatic ring is 1. The normalized spacial score (nSPS) is 22.5. The maximum Gasteiger partial charge on any atom is 0.232 e. The summed E-state index contributed by atoms with van der Waals surface area (Å²) < 4.78 is 5.57. The van der Waals surface area contributed by atoms with E-state index in [2.05, 4.69) is 0 Å². The Labute approximate surface area is 118 Å². The van der Waals surface area contributed by atoms with E-state index in [1.54, 1.807) is 30.1 Å². The number of benzene rings is 1. The number of amides is 1. The molecule has 2 N–H and O–H groups in total. The first kappa shape index (κ1) is 14.2. The van der Waals surface area contributed by atoms with Gasteiger partial charge in [0.1, 0.15) is 0 Å². The van der Waals surface area contributed by atoms with Gasteiger partial charge in [0.15, 0.2) is 0 Å². The predicted molar refractivity (Wildman–Crippen MR) is 77.4 cm³/mol. The second-order valence-electron chi connectivity index (χ2n) is 4.81. The zero-order valence-corrected chi connectivity index (χ0v) is 12.0. The fraction of sp³-hybridized carbons (Fsp3) is 0.500. The minimum atomic E-state index is -0.0895. The van der Waals surface area contributed by atoms with Crippen molar-refractivity contribution in [1.29, 1.82) is 0 Å². The summed E-state index contributed by atoms with van der Waals surface area (Å²) in [6.45, 7) is 2.68. The van der Waals surface area contributed by atoms with Crippen LogP contribution in [0.3, 0.4) is 0 Å². The molecule has 2 unspecified atom stereocenters. The van der Waals surface area contributed by atoms with Crippen LogP contribution >= 0.6 is 11.6 Å². The molecule has 0 spiro atoms. The van der Waals surface area contributed by atoms with E-state index in [0.717, 1.165) is 12.8 Å². The summed E-state index contributed by atoms with van der Waals surface area (Å²) in [7, 11) is 1.73. The van der Waals surface area contributed by atoms with E-state index >= 15 is 0 Å². The molecule has 4 nitrogen and oxygen atoms in total. The average molecular weight is 283 g/mol. The minimum absolute atomic E-state index is 0.00959. The third-order valence-electron chi connectivity index (χ3n) is 3.61. The summed E-state index contributed by atoms with van der Waals surface area (Å²) >= 11 is 5.96. The molecule has 0 aliphatic carbocycles. The Hall–Kier alpha value is -1.26.